The highest BCUT2D eigenvalue weighted by Gasteiger charge is 2.23. The minimum absolute atomic E-state index is 0.344. The van der Waals surface area contributed by atoms with Crippen molar-refractivity contribution in [1.82, 2.24) is 104 Å². The molecule has 3 aliphatic rings. The number of benzene rings is 2. The van der Waals surface area contributed by atoms with Crippen LogP contribution in [0.5, 0.6) is 0 Å². The normalized spacial score (nSPS) is 13.6. The number of pyridine rings is 4. The molecule has 116 heavy (non-hydrogen) atoms. The van der Waals surface area contributed by atoms with Crippen molar-refractivity contribution < 1.29 is 4.74 Å². The monoisotopic (exact) mass is 1550 g/mol. The van der Waals surface area contributed by atoms with Gasteiger partial charge < -0.3 is 24.4 Å². The number of aromatic nitrogens is 20. The molecule has 0 amide bonds. The maximum Gasteiger partial charge on any atom is 0.344 e. The van der Waals surface area contributed by atoms with Crippen LogP contribution in [0.3, 0.4) is 0 Å². The van der Waals surface area contributed by atoms with Gasteiger partial charge in [0.15, 0.2) is 0 Å². The second-order valence-electron chi connectivity index (χ2n) is 31.3. The van der Waals surface area contributed by atoms with Gasteiger partial charge in [0, 0.05) is 190 Å². The van der Waals surface area contributed by atoms with Crippen molar-refractivity contribution in [3.63, 3.8) is 0 Å². The molecule has 2 aromatic carbocycles. The first-order chi connectivity index (χ1) is 56.1. The molecule has 1 N–H and O–H groups in total. The van der Waals surface area contributed by atoms with E-state index in [1.807, 2.05) is 116 Å². The molecule has 1 aliphatic carbocycles. The van der Waals surface area contributed by atoms with Gasteiger partial charge in [0.25, 0.3) is 0 Å². The number of nitrogens with zero attached hydrogens (tertiary/aromatic N) is 22. The minimum Gasteiger partial charge on any atom is -0.378 e. The molecule has 14 aromatic rings. The number of rotatable bonds is 15. The number of fused-ring (bicyclic) bond motifs is 2. The molecule has 14 heterocycles. The van der Waals surface area contributed by atoms with Crippen LogP contribution in [0.25, 0.3) is 89.4 Å². The zero-order chi connectivity index (χ0) is 81.8. The van der Waals surface area contributed by atoms with Crippen LogP contribution in [0.1, 0.15) is 183 Å². The van der Waals surface area contributed by atoms with Crippen molar-refractivity contribution in [2.75, 3.05) is 69.3 Å². The number of H-pyrrole nitrogens is 1. The van der Waals surface area contributed by atoms with Gasteiger partial charge in [0.2, 0.25) is 11.9 Å². The summed E-state index contributed by atoms with van der Waals surface area (Å²) in [4.78, 5) is 85.9. The van der Waals surface area contributed by atoms with Crippen molar-refractivity contribution in [2.24, 2.45) is 14.1 Å². The summed E-state index contributed by atoms with van der Waals surface area (Å²) < 4.78 is 9.09. The van der Waals surface area contributed by atoms with Crippen molar-refractivity contribution >= 4 is 33.7 Å². The molecule has 2 aliphatic heterocycles. The number of anilines is 2. The summed E-state index contributed by atoms with van der Waals surface area (Å²) >= 11 is 0. The van der Waals surface area contributed by atoms with Gasteiger partial charge in [0.05, 0.1) is 82.7 Å². The Kier molecular flexibility index (Phi) is 28.5. The summed E-state index contributed by atoms with van der Waals surface area (Å²) in [5.74, 6) is 5.90. The Hall–Kier alpha value is -12.2. The van der Waals surface area contributed by atoms with Crippen LogP contribution < -0.4 is 15.5 Å². The van der Waals surface area contributed by atoms with Crippen LogP contribution in [0.4, 0.5) is 11.9 Å². The SMILES string of the molecule is CC(C)c1cc(-c2ccc3c(cnn3C)c2)ncn1.CC(C)c1ccnc(-c2cnc(=O)[nH]c2)c1.CC(C)c1ccnc(-c2cnc(C3CCC3)nc2)c1.CC(C)c1ccnc(-c2cnc(N3CCN(C)CC3)nc2)c1.CC(C)c1ccnc(-c2cnc(N3CCOCC3)nc2)c1.CC(C)c1cncc(-c2ccc3c(cnn3C)c2)n1. The smallest absolute Gasteiger partial charge is 0.344 e. The standard InChI is InChI=1S/C17H23N5.C16H20N4O.C16H19N3.2C15H16N4.C12H13N3O/c1-13(2)14-4-5-18-16(10-14)15-11-19-17(20-12-15)22-8-6-21(3)7-9-22;1-12(2)13-3-4-17-15(9-13)14-10-18-16(19-11-14)20-5-7-21-8-6-20;1-11(2)13-6-7-17-15(8-13)14-9-18-16(19-10-14)12-4-3-5-12;1-10(2)13-7-14(17-9-16-13)11-4-5-15-12(6-11)8-18-19(15)3;1-10(2)13-8-16-9-14(18-13)11-4-5-15-12(6-11)7-17-19(15)3;1-8(2)9-3-4-13-11(5-9)10-6-14-12(16)15-7-10/h4-5,10-13H,6-9H2,1-3H3;3-4,9-12H,5-8H2,1-2H3;6-12H,3-5H2,1-2H3;2*4-10H,1-3H3;3-8H,1-2H3,(H,14,15,16). The topological polar surface area (TPSA) is 281 Å². The molecular weight excluding hydrogens is 1450 g/mol. The van der Waals surface area contributed by atoms with Gasteiger partial charge in [0.1, 0.15) is 12.2 Å². The number of aryl methyl sites for hydroxylation is 2. The van der Waals surface area contributed by atoms with E-state index in [-0.39, 0.29) is 5.69 Å². The predicted molar refractivity (Wildman–Crippen MR) is 461 cm³/mol. The molecule has 0 spiro atoms. The molecule has 598 valence electrons. The summed E-state index contributed by atoms with van der Waals surface area (Å²) in [6, 6.07) is 31.1. The minimum atomic E-state index is -0.344. The quantitative estimate of drug-likeness (QED) is 0.0998. The Morgan fingerprint density at radius 2 is 0.802 bits per heavy atom. The van der Waals surface area contributed by atoms with Gasteiger partial charge in [-0.1, -0.05) is 102 Å². The van der Waals surface area contributed by atoms with Crippen LogP contribution in [0.2, 0.25) is 0 Å². The molecule has 25 heteroatoms. The second kappa shape index (κ2) is 39.7. The van der Waals surface area contributed by atoms with Crippen molar-refractivity contribution in [2.45, 2.75) is 144 Å². The van der Waals surface area contributed by atoms with Crippen molar-refractivity contribution in [1.29, 1.82) is 0 Å². The molecule has 1 saturated carbocycles. The molecule has 0 atom stereocenters. The van der Waals surface area contributed by atoms with E-state index in [9.17, 15) is 4.79 Å². The van der Waals surface area contributed by atoms with Gasteiger partial charge in [-0.2, -0.15) is 10.2 Å². The number of hydrogen-bond donors (Lipinski definition) is 1. The van der Waals surface area contributed by atoms with Crippen LogP contribution in [0.15, 0.2) is 201 Å². The number of likely N-dealkylation sites (N-methyl/N-ethyl adjacent to an activating group) is 1. The predicted octanol–water partition coefficient (Wildman–Crippen LogP) is 17.1. The van der Waals surface area contributed by atoms with E-state index < -0.39 is 0 Å². The number of morpholine rings is 1. The Labute approximate surface area is 680 Å². The summed E-state index contributed by atoms with van der Waals surface area (Å²) in [6.45, 7) is 33.1. The van der Waals surface area contributed by atoms with Crippen LogP contribution in [-0.2, 0) is 18.8 Å². The fourth-order valence-corrected chi connectivity index (χ4v) is 13.0. The third-order valence-corrected chi connectivity index (χ3v) is 20.8. The lowest BCUT2D eigenvalue weighted by Gasteiger charge is -2.32. The summed E-state index contributed by atoms with van der Waals surface area (Å²) in [7, 11) is 6.04. The molecule has 25 nitrogen and oxygen atoms in total. The maximum atomic E-state index is 10.8. The average Bonchev–Trinajstić information content (AvgIpc) is 1.54. The first kappa shape index (κ1) is 83.2. The Balaban J connectivity index is 0.000000129. The highest BCUT2D eigenvalue weighted by Crippen LogP contribution is 2.35. The highest BCUT2D eigenvalue weighted by molar-refractivity contribution is 5.85. The Bertz CT molecular complexity index is 5380. The van der Waals surface area contributed by atoms with Gasteiger partial charge in [-0.15, -0.1) is 0 Å². The van der Waals surface area contributed by atoms with E-state index in [1.54, 1.807) is 18.7 Å². The van der Waals surface area contributed by atoms with E-state index in [1.165, 1.54) is 47.7 Å². The van der Waals surface area contributed by atoms with Gasteiger partial charge >= 0.3 is 5.69 Å². The molecule has 0 radical (unpaired) electrons. The molecule has 0 unspecified atom stereocenters. The zero-order valence-corrected chi connectivity index (χ0v) is 69.5. The molecule has 0 bridgehead atoms. The van der Waals surface area contributed by atoms with Gasteiger partial charge in [-0.05, 0) is 157 Å². The Morgan fingerprint density at radius 1 is 0.379 bits per heavy atom. The van der Waals surface area contributed by atoms with Crippen LogP contribution in [0, 0.1) is 0 Å². The van der Waals surface area contributed by atoms with Crippen LogP contribution in [-0.4, -0.2) is 164 Å². The first-order valence-electron chi connectivity index (χ1n) is 40.2. The van der Waals surface area contributed by atoms with E-state index in [0.717, 1.165) is 171 Å². The maximum absolute atomic E-state index is 10.8. The number of hydrogen-bond acceptors (Lipinski definition) is 22. The number of piperazine rings is 1. The van der Waals surface area contributed by atoms with Crippen molar-refractivity contribution in [3.8, 4) is 67.5 Å². The zero-order valence-electron chi connectivity index (χ0n) is 69.5. The summed E-state index contributed by atoms with van der Waals surface area (Å²) in [6.07, 6.45) is 34.6. The fourth-order valence-electron chi connectivity index (χ4n) is 13.0. The fraction of sp³-hybridized carbons (Fsp3) is 0.363. The lowest BCUT2D eigenvalue weighted by atomic mass is 9.85. The van der Waals surface area contributed by atoms with Gasteiger partial charge in [-0.3, -0.25) is 34.3 Å². The average molecular weight is 1560 g/mol. The van der Waals surface area contributed by atoms with Gasteiger partial charge in [-0.25, -0.2) is 54.6 Å². The van der Waals surface area contributed by atoms with Crippen molar-refractivity contribution in [3.05, 3.63) is 246 Å². The lowest BCUT2D eigenvalue weighted by molar-refractivity contribution is 0.122. The van der Waals surface area contributed by atoms with E-state index in [4.69, 9.17) is 4.74 Å². The molecule has 12 aromatic heterocycles. The van der Waals surface area contributed by atoms with E-state index in [2.05, 4.69) is 274 Å². The number of nitrogens with one attached hydrogen (secondary N) is 1. The highest BCUT2D eigenvalue weighted by atomic mass is 16.5. The van der Waals surface area contributed by atoms with E-state index >= 15 is 0 Å². The first-order valence-corrected chi connectivity index (χ1v) is 40.2. The third kappa shape index (κ3) is 22.2. The second-order valence-corrected chi connectivity index (χ2v) is 31.3. The molecule has 3 fully saturated rings. The van der Waals surface area contributed by atoms with Crippen LogP contribution >= 0.6 is 0 Å². The number of ether oxygens (including phenoxy) is 1. The lowest BCUT2D eigenvalue weighted by Crippen LogP contribution is -2.45. The molecular formula is C91H107N23O2. The largest absolute Gasteiger partial charge is 0.378 e. The Morgan fingerprint density at radius 3 is 1.22 bits per heavy atom. The summed E-state index contributed by atoms with van der Waals surface area (Å²) in [5, 5.41) is 10.8. The van der Waals surface area contributed by atoms with E-state index in [0.29, 0.717) is 41.4 Å². The number of aromatic amines is 1. The molecule has 17 rings (SSSR count). The summed E-state index contributed by atoms with van der Waals surface area (Å²) in [5.41, 5.74) is 20.5. The molecule has 2 saturated heterocycles. The third-order valence-electron chi connectivity index (χ3n) is 20.8.